The SMILES string of the molecule is C=C1C(=O)C2CCCC2C1(C)C. The van der Waals surface area contributed by atoms with E-state index < -0.39 is 0 Å². The summed E-state index contributed by atoms with van der Waals surface area (Å²) in [5.74, 6) is 1.27. The minimum absolute atomic E-state index is 0.0816. The molecule has 0 saturated heterocycles. The summed E-state index contributed by atoms with van der Waals surface area (Å²) in [5.41, 5.74) is 0.954. The number of carbonyl (C=O) groups excluding carboxylic acids is 1. The molecule has 0 heterocycles. The van der Waals surface area contributed by atoms with E-state index in [1.54, 1.807) is 0 Å². The number of hydrogen-bond acceptors (Lipinski definition) is 1. The van der Waals surface area contributed by atoms with E-state index >= 15 is 0 Å². The van der Waals surface area contributed by atoms with Crippen molar-refractivity contribution in [3.63, 3.8) is 0 Å². The highest BCUT2D eigenvalue weighted by molar-refractivity contribution is 6.01. The van der Waals surface area contributed by atoms with Gasteiger partial charge in [0.15, 0.2) is 5.78 Å². The van der Waals surface area contributed by atoms with Crippen molar-refractivity contribution in [3.8, 4) is 0 Å². The fourth-order valence-corrected chi connectivity index (χ4v) is 2.90. The van der Waals surface area contributed by atoms with E-state index in [4.69, 9.17) is 0 Å². The van der Waals surface area contributed by atoms with E-state index in [1.807, 2.05) is 0 Å². The van der Waals surface area contributed by atoms with Crippen LogP contribution in [0, 0.1) is 17.3 Å². The zero-order valence-corrected chi connectivity index (χ0v) is 7.89. The number of Topliss-reactive ketones (excluding diaryl/α,β-unsaturated/α-hetero) is 1. The van der Waals surface area contributed by atoms with Gasteiger partial charge in [0.25, 0.3) is 0 Å². The molecule has 2 rings (SSSR count). The summed E-state index contributed by atoms with van der Waals surface area (Å²) >= 11 is 0. The molecule has 2 atom stereocenters. The van der Waals surface area contributed by atoms with E-state index in [-0.39, 0.29) is 5.41 Å². The van der Waals surface area contributed by atoms with Crippen molar-refractivity contribution in [2.24, 2.45) is 17.3 Å². The maximum atomic E-state index is 11.7. The summed E-state index contributed by atoms with van der Waals surface area (Å²) in [4.78, 5) is 11.7. The second-order valence-electron chi connectivity index (χ2n) is 4.71. The number of carbonyl (C=O) groups is 1. The van der Waals surface area contributed by atoms with Crippen LogP contribution in [0.3, 0.4) is 0 Å². The van der Waals surface area contributed by atoms with Gasteiger partial charge < -0.3 is 0 Å². The van der Waals surface area contributed by atoms with Crippen molar-refractivity contribution in [2.45, 2.75) is 33.1 Å². The zero-order chi connectivity index (χ0) is 8.93. The van der Waals surface area contributed by atoms with Gasteiger partial charge in [-0.25, -0.2) is 0 Å². The van der Waals surface area contributed by atoms with Crippen LogP contribution in [0.1, 0.15) is 33.1 Å². The Labute approximate surface area is 73.8 Å². The zero-order valence-electron chi connectivity index (χ0n) is 7.89. The Morgan fingerprint density at radius 2 is 2.08 bits per heavy atom. The lowest BCUT2D eigenvalue weighted by molar-refractivity contribution is -0.118. The molecule has 1 nitrogen and oxygen atoms in total. The minimum Gasteiger partial charge on any atom is -0.294 e. The molecule has 2 aliphatic rings. The summed E-state index contributed by atoms with van der Waals surface area (Å²) in [5, 5.41) is 0. The molecule has 0 bridgehead atoms. The van der Waals surface area contributed by atoms with Gasteiger partial charge in [-0.15, -0.1) is 0 Å². The first-order valence-electron chi connectivity index (χ1n) is 4.78. The van der Waals surface area contributed by atoms with Gasteiger partial charge in [-0.05, 0) is 29.7 Å². The molecule has 0 amide bonds. The largest absolute Gasteiger partial charge is 0.294 e. The Bertz CT molecular complexity index is 250. The highest BCUT2D eigenvalue weighted by Crippen LogP contribution is 2.54. The van der Waals surface area contributed by atoms with Gasteiger partial charge >= 0.3 is 0 Å². The Morgan fingerprint density at radius 3 is 2.67 bits per heavy atom. The number of fused-ring (bicyclic) bond motifs is 1. The molecular weight excluding hydrogens is 148 g/mol. The smallest absolute Gasteiger partial charge is 0.162 e. The second kappa shape index (κ2) is 2.21. The highest BCUT2D eigenvalue weighted by atomic mass is 16.1. The summed E-state index contributed by atoms with van der Waals surface area (Å²) in [6, 6.07) is 0. The van der Waals surface area contributed by atoms with Crippen LogP contribution in [-0.4, -0.2) is 5.78 Å². The van der Waals surface area contributed by atoms with E-state index in [0.29, 0.717) is 17.6 Å². The van der Waals surface area contributed by atoms with E-state index in [2.05, 4.69) is 20.4 Å². The van der Waals surface area contributed by atoms with Crippen LogP contribution in [0.5, 0.6) is 0 Å². The van der Waals surface area contributed by atoms with Crippen LogP contribution < -0.4 is 0 Å². The topological polar surface area (TPSA) is 17.1 Å². The van der Waals surface area contributed by atoms with Gasteiger partial charge in [-0.2, -0.15) is 0 Å². The molecular formula is C11H16O. The van der Waals surface area contributed by atoms with Crippen molar-refractivity contribution in [1.82, 2.24) is 0 Å². The fourth-order valence-electron chi connectivity index (χ4n) is 2.90. The number of rotatable bonds is 0. The van der Waals surface area contributed by atoms with Crippen molar-refractivity contribution >= 4 is 5.78 Å². The Kier molecular flexibility index (Phi) is 1.48. The lowest BCUT2D eigenvalue weighted by Crippen LogP contribution is -2.19. The third-order valence-corrected chi connectivity index (χ3v) is 3.85. The minimum atomic E-state index is 0.0816. The van der Waals surface area contributed by atoms with Gasteiger partial charge in [0.2, 0.25) is 0 Å². The first-order valence-corrected chi connectivity index (χ1v) is 4.78. The fraction of sp³-hybridized carbons (Fsp3) is 0.727. The van der Waals surface area contributed by atoms with Gasteiger partial charge in [-0.1, -0.05) is 26.8 Å². The van der Waals surface area contributed by atoms with E-state index in [0.717, 1.165) is 12.0 Å². The molecule has 0 aliphatic heterocycles. The quantitative estimate of drug-likeness (QED) is 0.503. The molecule has 0 spiro atoms. The Balaban J connectivity index is 2.40. The molecule has 1 heteroatoms. The molecule has 2 saturated carbocycles. The predicted octanol–water partition coefficient (Wildman–Crippen LogP) is 2.57. The summed E-state index contributed by atoms with van der Waals surface area (Å²) in [7, 11) is 0. The van der Waals surface area contributed by atoms with Crippen molar-refractivity contribution < 1.29 is 4.79 Å². The maximum Gasteiger partial charge on any atom is 0.162 e. The molecule has 2 unspecified atom stereocenters. The molecule has 0 aromatic heterocycles. The lowest BCUT2D eigenvalue weighted by atomic mass is 9.78. The van der Waals surface area contributed by atoms with Crippen LogP contribution in [0.2, 0.25) is 0 Å². The first-order chi connectivity index (χ1) is 5.55. The summed E-state index contributed by atoms with van der Waals surface area (Å²) < 4.78 is 0. The first kappa shape index (κ1) is 8.03. The van der Waals surface area contributed by atoms with Crippen molar-refractivity contribution in [1.29, 1.82) is 0 Å². The van der Waals surface area contributed by atoms with Crippen LogP contribution in [0.15, 0.2) is 12.2 Å². The average molecular weight is 164 g/mol. The van der Waals surface area contributed by atoms with Crippen LogP contribution >= 0.6 is 0 Å². The predicted molar refractivity (Wildman–Crippen MR) is 48.8 cm³/mol. The monoisotopic (exact) mass is 164 g/mol. The molecule has 0 N–H and O–H groups in total. The molecule has 2 aliphatic carbocycles. The van der Waals surface area contributed by atoms with Crippen LogP contribution in [0.4, 0.5) is 0 Å². The molecule has 0 aromatic rings. The van der Waals surface area contributed by atoms with E-state index in [1.165, 1.54) is 12.8 Å². The number of ketones is 1. The lowest BCUT2D eigenvalue weighted by Gasteiger charge is -2.25. The molecule has 12 heavy (non-hydrogen) atoms. The van der Waals surface area contributed by atoms with Gasteiger partial charge in [0.1, 0.15) is 0 Å². The van der Waals surface area contributed by atoms with Crippen LogP contribution in [-0.2, 0) is 4.79 Å². The molecule has 0 aromatic carbocycles. The third kappa shape index (κ3) is 0.769. The highest BCUT2D eigenvalue weighted by Gasteiger charge is 2.51. The normalized spacial score (nSPS) is 38.8. The van der Waals surface area contributed by atoms with Gasteiger partial charge in [0.05, 0.1) is 0 Å². The summed E-state index contributed by atoms with van der Waals surface area (Å²) in [6.45, 7) is 8.26. The second-order valence-corrected chi connectivity index (χ2v) is 4.71. The average Bonchev–Trinajstić information content (AvgIpc) is 2.54. The van der Waals surface area contributed by atoms with Gasteiger partial charge in [0, 0.05) is 5.92 Å². The maximum absolute atomic E-state index is 11.7. The number of allylic oxidation sites excluding steroid dienone is 1. The molecule has 2 fully saturated rings. The standard InChI is InChI=1S/C11H16O/c1-7-10(12)8-5-4-6-9(8)11(7,2)3/h8-9H,1,4-6H2,2-3H3. The van der Waals surface area contributed by atoms with E-state index in [9.17, 15) is 4.79 Å². The third-order valence-electron chi connectivity index (χ3n) is 3.85. The number of hydrogen-bond donors (Lipinski definition) is 0. The molecule has 66 valence electrons. The Morgan fingerprint density at radius 1 is 1.42 bits per heavy atom. The summed E-state index contributed by atoms with van der Waals surface area (Å²) in [6.07, 6.45) is 3.56. The van der Waals surface area contributed by atoms with Crippen molar-refractivity contribution in [3.05, 3.63) is 12.2 Å². The van der Waals surface area contributed by atoms with Crippen LogP contribution in [0.25, 0.3) is 0 Å². The van der Waals surface area contributed by atoms with Gasteiger partial charge in [-0.3, -0.25) is 4.79 Å². The van der Waals surface area contributed by atoms with Crippen molar-refractivity contribution in [2.75, 3.05) is 0 Å². The molecule has 0 radical (unpaired) electrons. The Hall–Kier alpha value is -0.590.